The molecule has 0 unspecified atom stereocenters. The molecule has 0 aromatic heterocycles. The minimum Gasteiger partial charge on any atom is -0.452 e. The van der Waals surface area contributed by atoms with Gasteiger partial charge in [0.05, 0.1) is 21.5 Å². The number of esters is 1. The van der Waals surface area contributed by atoms with Crippen LogP contribution in [0.4, 0.5) is 0 Å². The Morgan fingerprint density at radius 1 is 1.19 bits per heavy atom. The van der Waals surface area contributed by atoms with Crippen LogP contribution in [0.2, 0.25) is 5.02 Å². The van der Waals surface area contributed by atoms with Crippen LogP contribution in [-0.2, 0) is 19.6 Å². The molecule has 27 heavy (non-hydrogen) atoms. The lowest BCUT2D eigenvalue weighted by atomic mass is 10.1. The van der Waals surface area contributed by atoms with Gasteiger partial charge in [0.15, 0.2) is 6.61 Å². The van der Waals surface area contributed by atoms with Gasteiger partial charge in [0.2, 0.25) is 10.0 Å². The SMILES string of the molecule is C[C@H](c1ccccc1)N(C)C(=O)COC(=O)c1cc(S(N)(=O)=O)ccc1Cl. The van der Waals surface area contributed by atoms with E-state index in [1.54, 1.807) is 7.05 Å². The van der Waals surface area contributed by atoms with Crippen LogP contribution in [-0.4, -0.2) is 38.8 Å². The van der Waals surface area contributed by atoms with Crippen LogP contribution in [0, 0.1) is 0 Å². The molecule has 0 aliphatic heterocycles. The number of primary sulfonamides is 1. The summed E-state index contributed by atoms with van der Waals surface area (Å²) in [7, 11) is -2.40. The van der Waals surface area contributed by atoms with Gasteiger partial charge in [-0.05, 0) is 30.7 Å². The molecule has 2 aromatic carbocycles. The maximum Gasteiger partial charge on any atom is 0.340 e. The molecule has 0 bridgehead atoms. The molecule has 0 aliphatic rings. The van der Waals surface area contributed by atoms with Gasteiger partial charge in [-0.25, -0.2) is 18.4 Å². The molecule has 2 rings (SSSR count). The second kappa shape index (κ2) is 8.51. The lowest BCUT2D eigenvalue weighted by Gasteiger charge is -2.25. The van der Waals surface area contributed by atoms with Gasteiger partial charge in [0.25, 0.3) is 5.91 Å². The fourth-order valence-corrected chi connectivity index (χ4v) is 3.05. The van der Waals surface area contributed by atoms with E-state index in [1.807, 2.05) is 37.3 Å². The highest BCUT2D eigenvalue weighted by molar-refractivity contribution is 7.89. The number of sulfonamides is 1. The largest absolute Gasteiger partial charge is 0.452 e. The molecule has 2 aromatic rings. The summed E-state index contributed by atoms with van der Waals surface area (Å²) in [5, 5.41) is 5.03. The number of carbonyl (C=O) groups excluding carboxylic acids is 2. The standard InChI is InChI=1S/C18H19ClN2O5S/c1-12(13-6-4-3-5-7-13)21(2)17(22)11-26-18(23)15-10-14(27(20,24)25)8-9-16(15)19/h3-10,12H,11H2,1-2H3,(H2,20,24,25)/t12-/m1/s1. The van der Waals surface area contributed by atoms with E-state index >= 15 is 0 Å². The molecular weight excluding hydrogens is 392 g/mol. The van der Waals surface area contributed by atoms with Crippen LogP contribution in [0.5, 0.6) is 0 Å². The first-order valence-corrected chi connectivity index (χ1v) is 9.83. The second-order valence-corrected chi connectivity index (χ2v) is 7.82. The smallest absolute Gasteiger partial charge is 0.340 e. The summed E-state index contributed by atoms with van der Waals surface area (Å²) in [6, 6.07) is 12.6. The molecule has 0 fully saturated rings. The Hall–Kier alpha value is -2.42. The zero-order valence-corrected chi connectivity index (χ0v) is 16.3. The minimum atomic E-state index is -4.00. The van der Waals surface area contributed by atoms with Gasteiger partial charge in [-0.15, -0.1) is 0 Å². The maximum absolute atomic E-state index is 12.3. The Balaban J connectivity index is 2.06. The van der Waals surface area contributed by atoms with Crippen LogP contribution >= 0.6 is 11.6 Å². The summed E-state index contributed by atoms with van der Waals surface area (Å²) in [5.74, 6) is -1.34. The molecule has 9 heteroatoms. The van der Waals surface area contributed by atoms with E-state index in [4.69, 9.17) is 21.5 Å². The van der Waals surface area contributed by atoms with E-state index in [0.29, 0.717) is 0 Å². The normalized spacial score (nSPS) is 12.3. The first kappa shape index (κ1) is 20.9. The lowest BCUT2D eigenvalue weighted by Crippen LogP contribution is -2.33. The van der Waals surface area contributed by atoms with Crippen LogP contribution in [0.3, 0.4) is 0 Å². The summed E-state index contributed by atoms with van der Waals surface area (Å²) >= 11 is 5.92. The number of nitrogens with two attached hydrogens (primary N) is 1. The Labute approximate surface area is 162 Å². The van der Waals surface area contributed by atoms with Gasteiger partial charge < -0.3 is 9.64 Å². The van der Waals surface area contributed by atoms with Crippen molar-refractivity contribution in [1.29, 1.82) is 0 Å². The molecule has 0 spiro atoms. The molecule has 0 radical (unpaired) electrons. The first-order valence-electron chi connectivity index (χ1n) is 7.91. The van der Waals surface area contributed by atoms with E-state index in [0.717, 1.165) is 11.6 Å². The number of likely N-dealkylation sites (N-methyl/N-ethyl adjacent to an activating group) is 1. The summed E-state index contributed by atoms with van der Waals surface area (Å²) in [6.07, 6.45) is 0. The van der Waals surface area contributed by atoms with Gasteiger partial charge >= 0.3 is 5.97 Å². The number of ether oxygens (including phenoxy) is 1. The topological polar surface area (TPSA) is 107 Å². The maximum atomic E-state index is 12.3. The summed E-state index contributed by atoms with van der Waals surface area (Å²) in [5.41, 5.74) is 0.748. The van der Waals surface area contributed by atoms with Crippen molar-refractivity contribution in [3.8, 4) is 0 Å². The van der Waals surface area contributed by atoms with E-state index in [2.05, 4.69) is 0 Å². The monoisotopic (exact) mass is 410 g/mol. The van der Waals surface area contributed by atoms with Crippen molar-refractivity contribution in [2.75, 3.05) is 13.7 Å². The van der Waals surface area contributed by atoms with Crippen molar-refractivity contribution >= 4 is 33.5 Å². The minimum absolute atomic E-state index is 0.00847. The average Bonchev–Trinajstić information content (AvgIpc) is 2.64. The van der Waals surface area contributed by atoms with Crippen molar-refractivity contribution in [2.45, 2.75) is 17.9 Å². The van der Waals surface area contributed by atoms with Crippen molar-refractivity contribution in [2.24, 2.45) is 5.14 Å². The molecular formula is C18H19ClN2O5S. The van der Waals surface area contributed by atoms with Crippen LogP contribution < -0.4 is 5.14 Å². The van der Waals surface area contributed by atoms with Crippen LogP contribution in [0.15, 0.2) is 53.4 Å². The van der Waals surface area contributed by atoms with Crippen molar-refractivity contribution in [3.63, 3.8) is 0 Å². The van der Waals surface area contributed by atoms with E-state index in [9.17, 15) is 18.0 Å². The number of benzene rings is 2. The van der Waals surface area contributed by atoms with Crippen LogP contribution in [0.25, 0.3) is 0 Å². The molecule has 7 nitrogen and oxygen atoms in total. The summed E-state index contributed by atoms with van der Waals surface area (Å²) in [6.45, 7) is 1.34. The predicted molar refractivity (Wildman–Crippen MR) is 101 cm³/mol. The fourth-order valence-electron chi connectivity index (χ4n) is 2.32. The third-order valence-electron chi connectivity index (χ3n) is 4.07. The highest BCUT2D eigenvalue weighted by Gasteiger charge is 2.21. The molecule has 144 valence electrons. The van der Waals surface area contributed by atoms with Crippen molar-refractivity contribution in [1.82, 2.24) is 4.90 Å². The van der Waals surface area contributed by atoms with Gasteiger partial charge in [0.1, 0.15) is 0 Å². The number of halogens is 1. The highest BCUT2D eigenvalue weighted by Crippen LogP contribution is 2.21. The lowest BCUT2D eigenvalue weighted by molar-refractivity contribution is -0.135. The van der Waals surface area contributed by atoms with Crippen molar-refractivity contribution < 1.29 is 22.7 Å². The Morgan fingerprint density at radius 2 is 1.81 bits per heavy atom. The molecule has 1 atom stereocenters. The van der Waals surface area contributed by atoms with E-state index in [-0.39, 0.29) is 21.5 Å². The van der Waals surface area contributed by atoms with Gasteiger partial charge in [0, 0.05) is 7.05 Å². The quantitative estimate of drug-likeness (QED) is 0.735. The molecule has 0 saturated carbocycles. The summed E-state index contributed by atoms with van der Waals surface area (Å²) in [4.78, 5) is 25.7. The van der Waals surface area contributed by atoms with Crippen LogP contribution in [0.1, 0.15) is 28.9 Å². The van der Waals surface area contributed by atoms with Gasteiger partial charge in [-0.2, -0.15) is 0 Å². The van der Waals surface area contributed by atoms with Gasteiger partial charge in [-0.3, -0.25) is 4.79 Å². The zero-order valence-electron chi connectivity index (χ0n) is 14.8. The van der Waals surface area contributed by atoms with Crippen molar-refractivity contribution in [3.05, 3.63) is 64.7 Å². The third-order valence-corrected chi connectivity index (χ3v) is 5.31. The highest BCUT2D eigenvalue weighted by atomic mass is 35.5. The molecule has 2 N–H and O–H groups in total. The van der Waals surface area contributed by atoms with E-state index < -0.39 is 28.5 Å². The number of rotatable bonds is 6. The number of nitrogens with zero attached hydrogens (tertiary/aromatic N) is 1. The number of hydrogen-bond acceptors (Lipinski definition) is 5. The predicted octanol–water partition coefficient (Wildman–Crippen LogP) is 2.36. The number of amides is 1. The summed E-state index contributed by atoms with van der Waals surface area (Å²) < 4.78 is 27.8. The Bertz CT molecular complexity index is 947. The fraction of sp³-hybridized carbons (Fsp3) is 0.222. The van der Waals surface area contributed by atoms with E-state index in [1.165, 1.54) is 17.0 Å². The zero-order chi connectivity index (χ0) is 20.2. The molecule has 0 saturated heterocycles. The second-order valence-electron chi connectivity index (χ2n) is 5.85. The Morgan fingerprint density at radius 3 is 2.41 bits per heavy atom. The third kappa shape index (κ3) is 5.29. The van der Waals surface area contributed by atoms with Gasteiger partial charge in [-0.1, -0.05) is 41.9 Å². The molecule has 0 heterocycles. The molecule has 0 aliphatic carbocycles. The number of carbonyl (C=O) groups is 2. The first-order chi connectivity index (χ1) is 12.6. The molecule has 1 amide bonds. The Kier molecular flexibility index (Phi) is 6.59. The average molecular weight is 411 g/mol. The number of hydrogen-bond donors (Lipinski definition) is 1.